The fraction of sp³-hybridized carbons (Fsp3) is 0.214. The maximum Gasteiger partial charge on any atom is 0.338 e. The first-order valence-corrected chi connectivity index (χ1v) is 12.4. The normalized spacial score (nSPS) is 10.1. The molecule has 0 fully saturated rings. The summed E-state index contributed by atoms with van der Waals surface area (Å²) in [6, 6.07) is 22.9. The largest absolute Gasteiger partial charge is 0.493 e. The molecule has 0 aliphatic heterocycles. The second kappa shape index (κ2) is 15.0. The number of carbonyl (C=O) groups is 3. The summed E-state index contributed by atoms with van der Waals surface area (Å²) in [4.78, 5) is 36.2. The zero-order valence-electron chi connectivity index (χ0n) is 20.9. The molecule has 0 aliphatic carbocycles. The average molecular weight is 536 g/mol. The van der Waals surface area contributed by atoms with Gasteiger partial charge in [-0.15, -0.1) is 0 Å². The monoisotopic (exact) mass is 535 g/mol. The Labute approximate surface area is 226 Å². The lowest BCUT2D eigenvalue weighted by Crippen LogP contribution is -2.49. The number of rotatable bonds is 11. The smallest absolute Gasteiger partial charge is 0.338 e. The SMILES string of the molecule is CCCOC(=O)c1ccc(OCC(=O)NNC(=S)NC(=O)c2ccc(OCCc3ccccc3)cc2)cc1. The van der Waals surface area contributed by atoms with Gasteiger partial charge in [0.1, 0.15) is 11.5 Å². The van der Waals surface area contributed by atoms with Crippen LogP contribution in [0.2, 0.25) is 0 Å². The zero-order valence-corrected chi connectivity index (χ0v) is 21.7. The summed E-state index contributed by atoms with van der Waals surface area (Å²) < 4.78 is 16.2. The highest BCUT2D eigenvalue weighted by Crippen LogP contribution is 2.14. The highest BCUT2D eigenvalue weighted by atomic mass is 32.1. The average Bonchev–Trinajstić information content (AvgIpc) is 2.95. The molecule has 0 heterocycles. The van der Waals surface area contributed by atoms with Crippen LogP contribution in [-0.2, 0) is 16.0 Å². The van der Waals surface area contributed by atoms with E-state index < -0.39 is 17.8 Å². The number of hydrazine groups is 1. The molecule has 10 heteroatoms. The van der Waals surface area contributed by atoms with Gasteiger partial charge in [0.25, 0.3) is 11.8 Å². The van der Waals surface area contributed by atoms with Crippen LogP contribution < -0.4 is 25.6 Å². The van der Waals surface area contributed by atoms with Crippen molar-refractivity contribution in [3.63, 3.8) is 0 Å². The number of benzene rings is 3. The van der Waals surface area contributed by atoms with Crippen LogP contribution in [0.5, 0.6) is 11.5 Å². The zero-order chi connectivity index (χ0) is 27.2. The Balaban J connectivity index is 1.34. The number of ether oxygens (including phenoxy) is 3. The summed E-state index contributed by atoms with van der Waals surface area (Å²) in [6.45, 7) is 2.47. The van der Waals surface area contributed by atoms with Gasteiger partial charge in [-0.3, -0.25) is 25.8 Å². The van der Waals surface area contributed by atoms with Gasteiger partial charge in [-0.25, -0.2) is 4.79 Å². The van der Waals surface area contributed by atoms with Crippen molar-refractivity contribution in [3.05, 3.63) is 95.6 Å². The van der Waals surface area contributed by atoms with Crippen LogP contribution in [0, 0.1) is 0 Å². The van der Waals surface area contributed by atoms with Crippen molar-refractivity contribution in [2.75, 3.05) is 19.8 Å². The van der Waals surface area contributed by atoms with E-state index in [0.717, 1.165) is 12.8 Å². The summed E-state index contributed by atoms with van der Waals surface area (Å²) in [5.41, 5.74) is 6.75. The molecule has 0 spiro atoms. The number of thiocarbonyl (C=S) groups is 1. The third kappa shape index (κ3) is 9.55. The van der Waals surface area contributed by atoms with Crippen LogP contribution in [0.4, 0.5) is 0 Å². The van der Waals surface area contributed by atoms with E-state index in [0.29, 0.717) is 35.8 Å². The fourth-order valence-electron chi connectivity index (χ4n) is 3.12. The molecule has 0 bridgehead atoms. The molecule has 0 radical (unpaired) electrons. The Morgan fingerprint density at radius 3 is 2.05 bits per heavy atom. The molecule has 3 N–H and O–H groups in total. The van der Waals surface area contributed by atoms with Crippen LogP contribution >= 0.6 is 12.2 Å². The van der Waals surface area contributed by atoms with E-state index in [1.807, 2.05) is 37.3 Å². The number of amides is 2. The third-order valence-corrected chi connectivity index (χ3v) is 5.26. The molecule has 38 heavy (non-hydrogen) atoms. The highest BCUT2D eigenvalue weighted by molar-refractivity contribution is 7.80. The van der Waals surface area contributed by atoms with Gasteiger partial charge in [0.05, 0.1) is 18.8 Å². The maximum absolute atomic E-state index is 12.4. The minimum Gasteiger partial charge on any atom is -0.493 e. The second-order valence-corrected chi connectivity index (χ2v) is 8.42. The van der Waals surface area contributed by atoms with Gasteiger partial charge in [0, 0.05) is 12.0 Å². The van der Waals surface area contributed by atoms with Gasteiger partial charge in [-0.05, 0) is 72.7 Å². The standard InChI is InChI=1S/C28H29N3O6S/c1-2-17-36-27(34)22-10-14-24(15-11-22)37-19-25(32)30-31-28(38)29-26(33)21-8-12-23(13-9-21)35-18-16-20-6-4-3-5-7-20/h3-15H,2,16-19H2,1H3,(H,30,32)(H2,29,31,33,38). The van der Waals surface area contributed by atoms with Gasteiger partial charge >= 0.3 is 5.97 Å². The van der Waals surface area contributed by atoms with Crippen molar-refractivity contribution in [1.82, 2.24) is 16.2 Å². The number of nitrogens with one attached hydrogen (secondary N) is 3. The quantitative estimate of drug-likeness (QED) is 0.194. The lowest BCUT2D eigenvalue weighted by atomic mass is 10.2. The van der Waals surface area contributed by atoms with E-state index in [2.05, 4.69) is 16.2 Å². The molecule has 3 aromatic carbocycles. The van der Waals surface area contributed by atoms with Crippen LogP contribution in [-0.4, -0.2) is 42.7 Å². The van der Waals surface area contributed by atoms with E-state index >= 15 is 0 Å². The lowest BCUT2D eigenvalue weighted by Gasteiger charge is -2.12. The molecule has 3 aromatic rings. The molecular formula is C28H29N3O6S. The van der Waals surface area contributed by atoms with E-state index in [4.69, 9.17) is 26.4 Å². The Bertz CT molecular complexity index is 1220. The lowest BCUT2D eigenvalue weighted by molar-refractivity contribution is -0.123. The molecule has 0 unspecified atom stereocenters. The topological polar surface area (TPSA) is 115 Å². The van der Waals surface area contributed by atoms with Crippen LogP contribution in [0.3, 0.4) is 0 Å². The van der Waals surface area contributed by atoms with E-state index in [1.165, 1.54) is 5.56 Å². The van der Waals surface area contributed by atoms with Gasteiger partial charge in [-0.1, -0.05) is 37.3 Å². The minimum atomic E-state index is -0.523. The van der Waals surface area contributed by atoms with Crippen molar-refractivity contribution < 1.29 is 28.6 Å². The van der Waals surface area contributed by atoms with Crippen molar-refractivity contribution >= 4 is 35.1 Å². The van der Waals surface area contributed by atoms with Crippen LogP contribution in [0.25, 0.3) is 0 Å². The van der Waals surface area contributed by atoms with Gasteiger partial charge < -0.3 is 14.2 Å². The van der Waals surface area contributed by atoms with Crippen molar-refractivity contribution in [2.24, 2.45) is 0 Å². The molecule has 3 rings (SSSR count). The van der Waals surface area contributed by atoms with E-state index in [-0.39, 0.29) is 11.7 Å². The summed E-state index contributed by atoms with van der Waals surface area (Å²) in [6.07, 6.45) is 1.52. The summed E-state index contributed by atoms with van der Waals surface area (Å²) >= 11 is 5.06. The molecular weight excluding hydrogens is 506 g/mol. The molecule has 198 valence electrons. The summed E-state index contributed by atoms with van der Waals surface area (Å²) in [7, 11) is 0. The van der Waals surface area contributed by atoms with Crippen LogP contribution in [0.1, 0.15) is 39.6 Å². The highest BCUT2D eigenvalue weighted by Gasteiger charge is 2.10. The van der Waals surface area contributed by atoms with Gasteiger partial charge in [0.15, 0.2) is 11.7 Å². The molecule has 0 atom stereocenters. The predicted molar refractivity (Wildman–Crippen MR) is 146 cm³/mol. The number of carbonyl (C=O) groups excluding carboxylic acids is 3. The first-order valence-electron chi connectivity index (χ1n) is 12.0. The number of esters is 1. The number of hydrogen-bond donors (Lipinski definition) is 3. The van der Waals surface area contributed by atoms with Crippen molar-refractivity contribution in [2.45, 2.75) is 19.8 Å². The minimum absolute atomic E-state index is 0.0820. The predicted octanol–water partition coefficient (Wildman–Crippen LogP) is 3.59. The second-order valence-electron chi connectivity index (χ2n) is 8.01. The summed E-state index contributed by atoms with van der Waals surface area (Å²) in [5, 5.41) is 2.40. The van der Waals surface area contributed by atoms with Crippen molar-refractivity contribution in [3.8, 4) is 11.5 Å². The Hall–Kier alpha value is -4.44. The first-order chi connectivity index (χ1) is 18.4. The fourth-order valence-corrected chi connectivity index (χ4v) is 3.26. The first kappa shape index (κ1) is 28.1. The molecule has 0 saturated carbocycles. The molecule has 0 aliphatic rings. The molecule has 0 aromatic heterocycles. The third-order valence-electron chi connectivity index (χ3n) is 5.06. The maximum atomic E-state index is 12.4. The van der Waals surface area contributed by atoms with E-state index in [9.17, 15) is 14.4 Å². The van der Waals surface area contributed by atoms with Crippen LogP contribution in [0.15, 0.2) is 78.9 Å². The molecule has 0 saturated heterocycles. The summed E-state index contributed by atoms with van der Waals surface area (Å²) in [5.74, 6) is -0.336. The van der Waals surface area contributed by atoms with Gasteiger partial charge in [-0.2, -0.15) is 0 Å². The van der Waals surface area contributed by atoms with Gasteiger partial charge in [0.2, 0.25) is 0 Å². The molecule has 2 amide bonds. The van der Waals surface area contributed by atoms with E-state index in [1.54, 1.807) is 48.5 Å². The Morgan fingerprint density at radius 2 is 1.39 bits per heavy atom. The van der Waals surface area contributed by atoms with Crippen molar-refractivity contribution in [1.29, 1.82) is 0 Å². The molecule has 9 nitrogen and oxygen atoms in total. The number of hydrogen-bond acceptors (Lipinski definition) is 7. The Morgan fingerprint density at radius 1 is 0.763 bits per heavy atom. The Kier molecular flexibility index (Phi) is 11.1.